The number of sulfonamides is 1. The highest BCUT2D eigenvalue weighted by atomic mass is 35.5. The summed E-state index contributed by atoms with van der Waals surface area (Å²) in [6.07, 6.45) is 1.23. The van der Waals surface area contributed by atoms with Gasteiger partial charge in [-0.25, -0.2) is 21.6 Å². The molecule has 0 aliphatic carbocycles. The third-order valence-electron chi connectivity index (χ3n) is 4.21. The molecule has 0 unspecified atom stereocenters. The Morgan fingerprint density at radius 2 is 1.61 bits per heavy atom. The molecule has 8 nitrogen and oxygen atoms in total. The third kappa shape index (κ3) is 5.95. The van der Waals surface area contributed by atoms with Crippen LogP contribution in [0.25, 0.3) is 0 Å². The number of nitrogens with one attached hydrogen (secondary N) is 2. The minimum absolute atomic E-state index is 0.00534. The third-order valence-corrected chi connectivity index (χ3v) is 7.59. The number of rotatable bonds is 9. The zero-order valence-electron chi connectivity index (χ0n) is 16.1. The second-order valence-corrected chi connectivity index (χ2v) is 10.7. The lowest BCUT2D eigenvalue weighted by Crippen LogP contribution is -2.35. The molecule has 0 radical (unpaired) electrons. The lowest BCUT2D eigenvalue weighted by atomic mass is 10.2. The summed E-state index contributed by atoms with van der Waals surface area (Å²) >= 11 is 5.81. The van der Waals surface area contributed by atoms with E-state index in [1.165, 1.54) is 42.7 Å². The Kier molecular flexibility index (Phi) is 7.16. The van der Waals surface area contributed by atoms with E-state index in [1.54, 1.807) is 24.3 Å². The van der Waals surface area contributed by atoms with Crippen LogP contribution >= 0.6 is 11.6 Å². The highest BCUT2D eigenvalue weighted by Crippen LogP contribution is 2.20. The molecule has 2 N–H and O–H groups in total. The predicted octanol–water partition coefficient (Wildman–Crippen LogP) is 2.62. The van der Waals surface area contributed by atoms with Crippen molar-refractivity contribution in [1.29, 1.82) is 0 Å². The normalized spacial score (nSPS) is 11.9. The molecule has 0 saturated carbocycles. The van der Waals surface area contributed by atoms with Gasteiger partial charge in [0.15, 0.2) is 15.6 Å². The van der Waals surface area contributed by atoms with Crippen molar-refractivity contribution in [2.24, 2.45) is 0 Å². The molecule has 0 atom stereocenters. The minimum atomic E-state index is -3.79. The largest absolute Gasteiger partial charge is 0.459 e. The van der Waals surface area contributed by atoms with Crippen molar-refractivity contribution in [1.82, 2.24) is 10.0 Å². The fourth-order valence-electron chi connectivity index (χ4n) is 2.72. The summed E-state index contributed by atoms with van der Waals surface area (Å²) < 4.78 is 57.1. The smallest absolute Gasteiger partial charge is 0.287 e. The first-order chi connectivity index (χ1) is 14.7. The first-order valence-electron chi connectivity index (χ1n) is 9.07. The number of sulfone groups is 1. The van der Waals surface area contributed by atoms with Crippen molar-refractivity contribution in [3.05, 3.63) is 83.3 Å². The van der Waals surface area contributed by atoms with Crippen LogP contribution in [-0.2, 0) is 25.6 Å². The maximum Gasteiger partial charge on any atom is 0.287 e. The monoisotopic (exact) mass is 482 g/mol. The fourth-order valence-corrected chi connectivity index (χ4v) is 5.43. The Bertz CT molecular complexity index is 1270. The quantitative estimate of drug-likeness (QED) is 0.452. The van der Waals surface area contributed by atoms with Gasteiger partial charge in [0.2, 0.25) is 10.0 Å². The first-order valence-corrected chi connectivity index (χ1v) is 12.6. The maximum absolute atomic E-state index is 12.5. The number of carbonyl (C=O) groups excluding carboxylic acids is 1. The molecule has 3 rings (SSSR count). The number of halogens is 1. The van der Waals surface area contributed by atoms with Gasteiger partial charge in [0.25, 0.3) is 5.91 Å². The van der Waals surface area contributed by atoms with Gasteiger partial charge in [0.05, 0.1) is 21.8 Å². The molecule has 0 aliphatic heterocycles. The van der Waals surface area contributed by atoms with Crippen molar-refractivity contribution in [2.45, 2.75) is 15.5 Å². The Hall–Kier alpha value is -2.66. The SMILES string of the molecule is O=C(NCCNS(=O)(=O)c1cccc(Cl)c1)c1occc1CS(=O)(=O)c1ccccc1. The van der Waals surface area contributed by atoms with Gasteiger partial charge >= 0.3 is 0 Å². The highest BCUT2D eigenvalue weighted by molar-refractivity contribution is 7.90. The van der Waals surface area contributed by atoms with Crippen LogP contribution in [0.1, 0.15) is 16.1 Å². The van der Waals surface area contributed by atoms with Crippen LogP contribution in [0.15, 0.2) is 81.1 Å². The summed E-state index contributed by atoms with van der Waals surface area (Å²) in [7, 11) is -7.45. The number of hydrogen-bond acceptors (Lipinski definition) is 6. The van der Waals surface area contributed by atoms with Crippen molar-refractivity contribution >= 4 is 37.4 Å². The van der Waals surface area contributed by atoms with E-state index in [4.69, 9.17) is 16.0 Å². The van der Waals surface area contributed by atoms with Crippen LogP contribution in [0.4, 0.5) is 0 Å². The second kappa shape index (κ2) is 9.65. The van der Waals surface area contributed by atoms with Gasteiger partial charge in [0.1, 0.15) is 0 Å². The van der Waals surface area contributed by atoms with E-state index in [0.29, 0.717) is 0 Å². The van der Waals surface area contributed by atoms with E-state index in [9.17, 15) is 21.6 Å². The number of amides is 1. The molecule has 1 heterocycles. The fraction of sp³-hybridized carbons (Fsp3) is 0.150. The zero-order valence-corrected chi connectivity index (χ0v) is 18.5. The maximum atomic E-state index is 12.5. The molecule has 11 heteroatoms. The summed E-state index contributed by atoms with van der Waals surface area (Å²) in [6.45, 7) is -0.122. The van der Waals surface area contributed by atoms with E-state index in [1.807, 2.05) is 0 Å². The van der Waals surface area contributed by atoms with Gasteiger partial charge in [0, 0.05) is 23.7 Å². The number of hydrogen-bond donors (Lipinski definition) is 2. The average molecular weight is 483 g/mol. The van der Waals surface area contributed by atoms with Gasteiger partial charge in [-0.15, -0.1) is 0 Å². The molecule has 164 valence electrons. The highest BCUT2D eigenvalue weighted by Gasteiger charge is 2.22. The summed E-state index contributed by atoms with van der Waals surface area (Å²) in [5, 5.41) is 2.79. The van der Waals surface area contributed by atoms with Crippen molar-refractivity contribution in [3.63, 3.8) is 0 Å². The van der Waals surface area contributed by atoms with Crippen LogP contribution < -0.4 is 10.0 Å². The molecule has 0 saturated heterocycles. The second-order valence-electron chi connectivity index (χ2n) is 6.46. The van der Waals surface area contributed by atoms with Crippen LogP contribution in [0.5, 0.6) is 0 Å². The summed E-state index contributed by atoms with van der Waals surface area (Å²) in [6, 6.07) is 15.1. The molecule has 0 aliphatic rings. The molecule has 0 bridgehead atoms. The predicted molar refractivity (Wildman–Crippen MR) is 115 cm³/mol. The van der Waals surface area contributed by atoms with Crippen LogP contribution in [0.2, 0.25) is 5.02 Å². The lowest BCUT2D eigenvalue weighted by molar-refractivity contribution is 0.0925. The molecule has 31 heavy (non-hydrogen) atoms. The van der Waals surface area contributed by atoms with Gasteiger partial charge in [-0.2, -0.15) is 0 Å². The standard InChI is InChI=1S/C20H19ClN2O6S2/c21-16-5-4-8-18(13-16)31(27,28)23-11-10-22-20(24)19-15(9-12-29-19)14-30(25,26)17-6-2-1-3-7-17/h1-9,12-13,23H,10-11,14H2,(H,22,24). The molecule has 0 fully saturated rings. The van der Waals surface area contributed by atoms with E-state index in [0.717, 1.165) is 0 Å². The Labute approximate surface area is 185 Å². The van der Waals surface area contributed by atoms with E-state index < -0.39 is 31.5 Å². The summed E-state index contributed by atoms with van der Waals surface area (Å²) in [5.74, 6) is -1.19. The molecule has 1 amide bonds. The van der Waals surface area contributed by atoms with Crippen molar-refractivity contribution in [2.75, 3.05) is 13.1 Å². The van der Waals surface area contributed by atoms with Gasteiger partial charge in [-0.05, 0) is 36.4 Å². The summed E-state index contributed by atoms with van der Waals surface area (Å²) in [5.41, 5.74) is 0.209. The van der Waals surface area contributed by atoms with Gasteiger partial charge in [-0.1, -0.05) is 35.9 Å². The number of carbonyl (C=O) groups is 1. The molecule has 2 aromatic carbocycles. The van der Waals surface area contributed by atoms with Crippen LogP contribution in [-0.4, -0.2) is 35.8 Å². The zero-order chi connectivity index (χ0) is 22.5. The molecule has 0 spiro atoms. The van der Waals surface area contributed by atoms with Gasteiger partial charge in [-0.3, -0.25) is 4.79 Å². The Morgan fingerprint density at radius 1 is 0.903 bits per heavy atom. The van der Waals surface area contributed by atoms with Crippen molar-refractivity contribution < 1.29 is 26.0 Å². The average Bonchev–Trinajstić information content (AvgIpc) is 3.19. The van der Waals surface area contributed by atoms with E-state index >= 15 is 0 Å². The van der Waals surface area contributed by atoms with E-state index in [2.05, 4.69) is 10.0 Å². The van der Waals surface area contributed by atoms with Crippen LogP contribution in [0.3, 0.4) is 0 Å². The molecule has 3 aromatic rings. The Balaban J connectivity index is 1.58. The Morgan fingerprint density at radius 3 is 2.32 bits per heavy atom. The molecular weight excluding hydrogens is 464 g/mol. The first kappa shape index (κ1) is 23.0. The summed E-state index contributed by atoms with van der Waals surface area (Å²) in [4.78, 5) is 12.5. The number of furan rings is 1. The van der Waals surface area contributed by atoms with Crippen LogP contribution in [0, 0.1) is 0 Å². The van der Waals surface area contributed by atoms with Gasteiger partial charge < -0.3 is 9.73 Å². The number of benzene rings is 2. The molecule has 1 aromatic heterocycles. The van der Waals surface area contributed by atoms with Crippen molar-refractivity contribution in [3.8, 4) is 0 Å². The lowest BCUT2D eigenvalue weighted by Gasteiger charge is -2.09. The molecular formula is C20H19ClN2O6S2. The van der Waals surface area contributed by atoms with E-state index in [-0.39, 0.29) is 39.2 Å². The minimum Gasteiger partial charge on any atom is -0.459 e. The topological polar surface area (TPSA) is 123 Å².